The molecule has 0 radical (unpaired) electrons. The van der Waals surface area contributed by atoms with Crippen molar-refractivity contribution in [3.8, 4) is 5.69 Å². The van der Waals surface area contributed by atoms with E-state index in [-0.39, 0.29) is 29.3 Å². The van der Waals surface area contributed by atoms with E-state index in [0.717, 1.165) is 6.07 Å². The molecule has 1 amide bonds. The van der Waals surface area contributed by atoms with E-state index in [1.807, 2.05) is 6.07 Å². The summed E-state index contributed by atoms with van der Waals surface area (Å²) in [6, 6.07) is 7.69. The van der Waals surface area contributed by atoms with E-state index in [0.29, 0.717) is 31.0 Å². The lowest BCUT2D eigenvalue weighted by Crippen LogP contribution is -2.47. The summed E-state index contributed by atoms with van der Waals surface area (Å²) >= 11 is 0. The second-order valence-electron chi connectivity index (χ2n) is 6.85. The number of hydrogen-bond acceptors (Lipinski definition) is 8. The highest BCUT2D eigenvalue weighted by molar-refractivity contribution is 5.98. The molecule has 6 N–H and O–H groups in total. The van der Waals surface area contributed by atoms with E-state index in [1.54, 1.807) is 30.6 Å². The van der Waals surface area contributed by atoms with Crippen molar-refractivity contribution >= 4 is 23.2 Å². The zero-order valence-corrected chi connectivity index (χ0v) is 16.0. The van der Waals surface area contributed by atoms with E-state index in [4.69, 9.17) is 16.2 Å². The number of halogens is 1. The summed E-state index contributed by atoms with van der Waals surface area (Å²) in [5, 5.41) is 14.2. The van der Waals surface area contributed by atoms with Crippen LogP contribution in [0.25, 0.3) is 5.69 Å². The molecule has 3 aromatic rings. The van der Waals surface area contributed by atoms with Crippen LogP contribution in [0, 0.1) is 5.82 Å². The molecule has 4 rings (SSSR count). The first-order chi connectivity index (χ1) is 14.5. The average molecular weight is 412 g/mol. The van der Waals surface area contributed by atoms with Gasteiger partial charge in [0.05, 0.1) is 30.3 Å². The molecule has 156 valence electrons. The summed E-state index contributed by atoms with van der Waals surface area (Å²) in [6.07, 6.45) is 3.74. The predicted octanol–water partition coefficient (Wildman–Crippen LogP) is 1.17. The van der Waals surface area contributed by atoms with Crippen LogP contribution in [-0.2, 0) is 4.74 Å². The molecule has 3 heterocycles. The predicted molar refractivity (Wildman–Crippen MR) is 108 cm³/mol. The van der Waals surface area contributed by atoms with Gasteiger partial charge in [0.1, 0.15) is 5.82 Å². The number of ether oxygens (including phenoxy) is 1. The number of anilines is 3. The summed E-state index contributed by atoms with van der Waals surface area (Å²) in [5.74, 6) is -1.39. The Kier molecular flexibility index (Phi) is 5.55. The van der Waals surface area contributed by atoms with Gasteiger partial charge in [-0.15, -0.1) is 0 Å². The monoisotopic (exact) mass is 412 g/mol. The highest BCUT2D eigenvalue weighted by atomic mass is 19.1. The molecule has 0 bridgehead atoms. The molecule has 1 aliphatic rings. The van der Waals surface area contributed by atoms with E-state index < -0.39 is 11.7 Å². The molecular weight excluding hydrogens is 391 g/mol. The number of carbonyl (C=O) groups excluding carboxylic acids is 1. The van der Waals surface area contributed by atoms with Crippen molar-refractivity contribution in [2.45, 2.75) is 18.5 Å². The maximum absolute atomic E-state index is 14.6. The second kappa shape index (κ2) is 8.43. The second-order valence-corrected chi connectivity index (χ2v) is 6.85. The van der Waals surface area contributed by atoms with Gasteiger partial charge in [-0.3, -0.25) is 4.79 Å². The number of amides is 1. The van der Waals surface area contributed by atoms with Crippen LogP contribution in [0.2, 0.25) is 0 Å². The number of primary amides is 1. The van der Waals surface area contributed by atoms with Crippen molar-refractivity contribution in [3.63, 3.8) is 0 Å². The Morgan fingerprint density at radius 2 is 2.03 bits per heavy atom. The van der Waals surface area contributed by atoms with Crippen molar-refractivity contribution in [1.82, 2.24) is 20.0 Å². The number of pyridine rings is 1. The Hall–Kier alpha value is -3.57. The Morgan fingerprint density at radius 1 is 1.23 bits per heavy atom. The summed E-state index contributed by atoms with van der Waals surface area (Å²) in [4.78, 5) is 17.6. The molecule has 11 heteroatoms. The Balaban J connectivity index is 1.64. The van der Waals surface area contributed by atoms with Gasteiger partial charge in [-0.1, -0.05) is 6.07 Å². The van der Waals surface area contributed by atoms with Crippen molar-refractivity contribution in [2.75, 3.05) is 23.8 Å². The van der Waals surface area contributed by atoms with E-state index >= 15 is 0 Å². The van der Waals surface area contributed by atoms with Crippen LogP contribution < -0.4 is 22.1 Å². The van der Waals surface area contributed by atoms with Crippen molar-refractivity contribution in [3.05, 3.63) is 54.1 Å². The fourth-order valence-electron chi connectivity index (χ4n) is 3.18. The fourth-order valence-corrected chi connectivity index (χ4v) is 3.18. The third kappa shape index (κ3) is 4.21. The average Bonchev–Trinajstić information content (AvgIpc) is 3.27. The Bertz CT molecular complexity index is 1040. The zero-order valence-electron chi connectivity index (χ0n) is 16.0. The van der Waals surface area contributed by atoms with Crippen molar-refractivity contribution in [1.29, 1.82) is 0 Å². The van der Waals surface area contributed by atoms with Gasteiger partial charge in [0, 0.05) is 24.4 Å². The number of hydrogen-bond donors (Lipinski definition) is 4. The Labute approximate surface area is 171 Å². The molecule has 1 aromatic carbocycles. The maximum atomic E-state index is 14.6. The molecule has 0 saturated carbocycles. The molecule has 1 fully saturated rings. The molecule has 30 heavy (non-hydrogen) atoms. The SMILES string of the molecule is NC(=O)c1cc(F)c(N[C@@H]2CCOCC2N)nc1Nc1cccc(-n2nccn2)c1. The molecule has 0 spiro atoms. The molecule has 2 aromatic heterocycles. The van der Waals surface area contributed by atoms with Gasteiger partial charge in [-0.2, -0.15) is 15.0 Å². The largest absolute Gasteiger partial charge is 0.380 e. The lowest BCUT2D eigenvalue weighted by Gasteiger charge is -2.30. The first-order valence-electron chi connectivity index (χ1n) is 9.35. The topological polar surface area (TPSA) is 146 Å². The standard InChI is InChI=1S/C19H21FN8O2/c20-14-9-13(17(22)29)18(27-19(14)26-16-4-7-30-10-15(16)21)25-11-2-1-3-12(8-11)28-23-5-6-24-28/h1-3,5-6,8-9,15-16H,4,7,10,21H2,(H2,22,29)(H2,25,26,27)/t15?,16-/m1/s1. The third-order valence-corrected chi connectivity index (χ3v) is 4.72. The number of nitrogens with zero attached hydrogens (tertiary/aromatic N) is 4. The normalized spacial score (nSPS) is 18.7. The van der Waals surface area contributed by atoms with Crippen LogP contribution in [0.15, 0.2) is 42.7 Å². The molecule has 0 aliphatic carbocycles. The summed E-state index contributed by atoms with van der Waals surface area (Å²) in [6.45, 7) is 0.893. The number of aromatic nitrogens is 4. The highest BCUT2D eigenvalue weighted by Crippen LogP contribution is 2.26. The molecule has 1 unspecified atom stereocenters. The molecule has 10 nitrogen and oxygen atoms in total. The van der Waals surface area contributed by atoms with E-state index in [1.165, 1.54) is 4.80 Å². The van der Waals surface area contributed by atoms with Crippen LogP contribution in [-0.4, -0.2) is 51.2 Å². The number of nitrogens with one attached hydrogen (secondary N) is 2. The van der Waals surface area contributed by atoms with Crippen LogP contribution in [0.1, 0.15) is 16.8 Å². The number of benzene rings is 1. The van der Waals surface area contributed by atoms with Gasteiger partial charge in [0.25, 0.3) is 5.91 Å². The minimum Gasteiger partial charge on any atom is -0.380 e. The first kappa shape index (κ1) is 19.7. The quantitative estimate of drug-likeness (QED) is 0.472. The highest BCUT2D eigenvalue weighted by Gasteiger charge is 2.25. The molecule has 1 aliphatic heterocycles. The third-order valence-electron chi connectivity index (χ3n) is 4.72. The number of carbonyl (C=O) groups is 1. The zero-order chi connectivity index (χ0) is 21.1. The van der Waals surface area contributed by atoms with Gasteiger partial charge in [-0.25, -0.2) is 9.37 Å². The van der Waals surface area contributed by atoms with Gasteiger partial charge in [-0.05, 0) is 30.7 Å². The Morgan fingerprint density at radius 3 is 2.77 bits per heavy atom. The maximum Gasteiger partial charge on any atom is 0.252 e. The molecule has 2 atom stereocenters. The van der Waals surface area contributed by atoms with Gasteiger partial charge in [0.15, 0.2) is 11.6 Å². The summed E-state index contributed by atoms with van der Waals surface area (Å²) in [5.41, 5.74) is 12.7. The van der Waals surface area contributed by atoms with E-state index in [9.17, 15) is 9.18 Å². The minimum absolute atomic E-state index is 0.0188. The smallest absolute Gasteiger partial charge is 0.252 e. The van der Waals surface area contributed by atoms with Crippen LogP contribution >= 0.6 is 0 Å². The molecular formula is C19H21FN8O2. The van der Waals surface area contributed by atoms with Crippen LogP contribution in [0.5, 0.6) is 0 Å². The molecule has 1 saturated heterocycles. The van der Waals surface area contributed by atoms with Gasteiger partial charge >= 0.3 is 0 Å². The summed E-state index contributed by atoms with van der Waals surface area (Å²) in [7, 11) is 0. The number of nitrogens with two attached hydrogens (primary N) is 2. The van der Waals surface area contributed by atoms with Crippen molar-refractivity contribution in [2.24, 2.45) is 11.5 Å². The lowest BCUT2D eigenvalue weighted by molar-refractivity contribution is 0.0751. The van der Waals surface area contributed by atoms with Gasteiger partial charge < -0.3 is 26.8 Å². The minimum atomic E-state index is -0.803. The van der Waals surface area contributed by atoms with E-state index in [2.05, 4.69) is 25.8 Å². The number of rotatable bonds is 6. The fraction of sp³-hybridized carbons (Fsp3) is 0.263. The lowest BCUT2D eigenvalue weighted by atomic mass is 10.0. The summed E-state index contributed by atoms with van der Waals surface area (Å²) < 4.78 is 19.9. The van der Waals surface area contributed by atoms with Crippen LogP contribution in [0.4, 0.5) is 21.7 Å². The van der Waals surface area contributed by atoms with Crippen molar-refractivity contribution < 1.29 is 13.9 Å². The first-order valence-corrected chi connectivity index (χ1v) is 9.35. The van der Waals surface area contributed by atoms with Gasteiger partial charge in [0.2, 0.25) is 0 Å². The van der Waals surface area contributed by atoms with Crippen LogP contribution in [0.3, 0.4) is 0 Å².